The van der Waals surface area contributed by atoms with Crippen molar-refractivity contribution in [3.8, 4) is 5.75 Å². The van der Waals surface area contributed by atoms with Gasteiger partial charge in [0, 0.05) is 5.69 Å². The van der Waals surface area contributed by atoms with Crippen LogP contribution in [0.15, 0.2) is 18.2 Å². The lowest BCUT2D eigenvalue weighted by Crippen LogP contribution is -2.39. The molecule has 4 heteroatoms. The molecule has 2 rings (SSSR count). The van der Waals surface area contributed by atoms with E-state index < -0.39 is 0 Å². The highest BCUT2D eigenvalue weighted by molar-refractivity contribution is 5.95. The minimum absolute atomic E-state index is 0.0515. The number of anilines is 1. The van der Waals surface area contributed by atoms with E-state index in [1.807, 2.05) is 39.0 Å². The van der Waals surface area contributed by atoms with Crippen LogP contribution in [0.5, 0.6) is 5.75 Å². The molecule has 1 aliphatic rings. The van der Waals surface area contributed by atoms with Crippen LogP contribution in [0.2, 0.25) is 0 Å². The van der Waals surface area contributed by atoms with Crippen molar-refractivity contribution in [1.82, 2.24) is 5.32 Å². The molecule has 2 unspecified atom stereocenters. The average molecular weight is 276 g/mol. The largest absolute Gasteiger partial charge is 0.491 e. The van der Waals surface area contributed by atoms with Crippen molar-refractivity contribution in [2.24, 2.45) is 5.92 Å². The van der Waals surface area contributed by atoms with Gasteiger partial charge in [-0.05, 0) is 63.4 Å². The summed E-state index contributed by atoms with van der Waals surface area (Å²) < 4.78 is 5.65. The number of carbonyl (C=O) groups is 1. The van der Waals surface area contributed by atoms with E-state index in [0.29, 0.717) is 5.92 Å². The van der Waals surface area contributed by atoms with E-state index in [0.717, 1.165) is 30.0 Å². The molecule has 110 valence electrons. The zero-order valence-electron chi connectivity index (χ0n) is 12.7. The van der Waals surface area contributed by atoms with Gasteiger partial charge in [-0.3, -0.25) is 4.79 Å². The Morgan fingerprint density at radius 3 is 2.75 bits per heavy atom. The van der Waals surface area contributed by atoms with E-state index in [1.165, 1.54) is 0 Å². The Balaban J connectivity index is 2.04. The highest BCUT2D eigenvalue weighted by atomic mass is 16.5. The lowest BCUT2D eigenvalue weighted by Gasteiger charge is -2.17. The Kier molecular flexibility index (Phi) is 4.65. The molecule has 1 aliphatic heterocycles. The van der Waals surface area contributed by atoms with Crippen LogP contribution < -0.4 is 15.4 Å². The Hall–Kier alpha value is -1.55. The van der Waals surface area contributed by atoms with Gasteiger partial charge in [-0.1, -0.05) is 6.92 Å². The Morgan fingerprint density at radius 1 is 1.45 bits per heavy atom. The molecule has 1 saturated heterocycles. The molecule has 1 heterocycles. The van der Waals surface area contributed by atoms with Crippen molar-refractivity contribution < 1.29 is 9.53 Å². The van der Waals surface area contributed by atoms with Crippen molar-refractivity contribution in [2.75, 3.05) is 11.9 Å². The van der Waals surface area contributed by atoms with Crippen molar-refractivity contribution in [3.05, 3.63) is 23.8 Å². The molecule has 4 nitrogen and oxygen atoms in total. The zero-order chi connectivity index (χ0) is 14.7. The molecule has 0 bridgehead atoms. The van der Waals surface area contributed by atoms with Gasteiger partial charge in [0.1, 0.15) is 5.75 Å². The van der Waals surface area contributed by atoms with Gasteiger partial charge in [0.05, 0.1) is 12.1 Å². The quantitative estimate of drug-likeness (QED) is 0.889. The number of carbonyl (C=O) groups excluding carboxylic acids is 1. The first kappa shape index (κ1) is 14.9. The molecular formula is C16H24N2O2. The van der Waals surface area contributed by atoms with Gasteiger partial charge in [-0.25, -0.2) is 0 Å². The number of amides is 1. The van der Waals surface area contributed by atoms with Crippen LogP contribution in [0.4, 0.5) is 5.69 Å². The molecule has 1 fully saturated rings. The number of aryl methyl sites for hydroxylation is 1. The number of hydrogen-bond donors (Lipinski definition) is 2. The molecule has 1 aromatic rings. The van der Waals surface area contributed by atoms with Crippen molar-refractivity contribution >= 4 is 11.6 Å². The second-order valence-electron chi connectivity index (χ2n) is 5.83. The third kappa shape index (κ3) is 3.51. The molecule has 2 atom stereocenters. The molecule has 0 spiro atoms. The predicted octanol–water partition coefficient (Wildman–Crippen LogP) is 2.72. The fourth-order valence-corrected chi connectivity index (χ4v) is 2.52. The van der Waals surface area contributed by atoms with Gasteiger partial charge >= 0.3 is 0 Å². The number of hydrogen-bond acceptors (Lipinski definition) is 3. The predicted molar refractivity (Wildman–Crippen MR) is 81.1 cm³/mol. The molecule has 1 amide bonds. The third-order valence-electron chi connectivity index (χ3n) is 3.64. The van der Waals surface area contributed by atoms with E-state index in [9.17, 15) is 4.79 Å². The standard InChI is InChI=1S/C16H24N2O2/c1-10(2)20-13-5-6-14(12(4)9-13)18-16(19)15-11(3)7-8-17-15/h5-6,9-11,15,17H,7-8H2,1-4H3,(H,18,19). The summed E-state index contributed by atoms with van der Waals surface area (Å²) in [6.45, 7) is 9.00. The minimum Gasteiger partial charge on any atom is -0.491 e. The molecule has 0 saturated carbocycles. The molecular weight excluding hydrogens is 252 g/mol. The summed E-state index contributed by atoms with van der Waals surface area (Å²) >= 11 is 0. The zero-order valence-corrected chi connectivity index (χ0v) is 12.7. The average Bonchev–Trinajstić information content (AvgIpc) is 2.78. The highest BCUT2D eigenvalue weighted by Gasteiger charge is 2.29. The van der Waals surface area contributed by atoms with Crippen LogP contribution in [0.3, 0.4) is 0 Å². The lowest BCUT2D eigenvalue weighted by molar-refractivity contribution is -0.118. The monoisotopic (exact) mass is 276 g/mol. The summed E-state index contributed by atoms with van der Waals surface area (Å²) in [6, 6.07) is 5.68. The second-order valence-corrected chi connectivity index (χ2v) is 5.83. The van der Waals surface area contributed by atoms with Gasteiger partial charge in [-0.2, -0.15) is 0 Å². The Morgan fingerprint density at radius 2 is 2.20 bits per heavy atom. The van der Waals surface area contributed by atoms with E-state index in [4.69, 9.17) is 4.74 Å². The summed E-state index contributed by atoms with van der Waals surface area (Å²) in [6.07, 6.45) is 1.21. The molecule has 0 radical (unpaired) electrons. The summed E-state index contributed by atoms with van der Waals surface area (Å²) in [7, 11) is 0. The maximum atomic E-state index is 12.2. The second kappa shape index (κ2) is 6.27. The molecule has 2 N–H and O–H groups in total. The van der Waals surface area contributed by atoms with E-state index >= 15 is 0 Å². The van der Waals surface area contributed by atoms with E-state index in [2.05, 4.69) is 17.6 Å². The van der Waals surface area contributed by atoms with Crippen molar-refractivity contribution in [2.45, 2.75) is 46.3 Å². The van der Waals surface area contributed by atoms with Gasteiger partial charge in [0.2, 0.25) is 5.91 Å². The van der Waals surface area contributed by atoms with Crippen LogP contribution in [0, 0.1) is 12.8 Å². The number of nitrogens with one attached hydrogen (secondary N) is 2. The van der Waals surface area contributed by atoms with Gasteiger partial charge in [0.15, 0.2) is 0 Å². The third-order valence-corrected chi connectivity index (χ3v) is 3.64. The smallest absolute Gasteiger partial charge is 0.241 e. The fourth-order valence-electron chi connectivity index (χ4n) is 2.52. The normalized spacial score (nSPS) is 22.1. The molecule has 0 aliphatic carbocycles. The summed E-state index contributed by atoms with van der Waals surface area (Å²) in [5, 5.41) is 6.25. The van der Waals surface area contributed by atoms with Gasteiger partial charge < -0.3 is 15.4 Å². The van der Waals surface area contributed by atoms with Crippen LogP contribution in [-0.2, 0) is 4.79 Å². The van der Waals surface area contributed by atoms with E-state index in [-0.39, 0.29) is 18.1 Å². The SMILES string of the molecule is Cc1cc(OC(C)C)ccc1NC(=O)C1NCCC1C. The first-order chi connectivity index (χ1) is 9.47. The molecule has 0 aromatic heterocycles. The van der Waals surface area contributed by atoms with Crippen molar-refractivity contribution in [3.63, 3.8) is 0 Å². The van der Waals surface area contributed by atoms with Crippen molar-refractivity contribution in [1.29, 1.82) is 0 Å². The van der Waals surface area contributed by atoms with Gasteiger partial charge in [-0.15, -0.1) is 0 Å². The Bertz CT molecular complexity index is 485. The summed E-state index contributed by atoms with van der Waals surface area (Å²) in [4.78, 5) is 12.2. The first-order valence-corrected chi connectivity index (χ1v) is 7.29. The van der Waals surface area contributed by atoms with Crippen LogP contribution in [0.25, 0.3) is 0 Å². The van der Waals surface area contributed by atoms with Gasteiger partial charge in [0.25, 0.3) is 0 Å². The van der Waals surface area contributed by atoms with Crippen LogP contribution >= 0.6 is 0 Å². The van der Waals surface area contributed by atoms with Crippen LogP contribution in [-0.4, -0.2) is 24.6 Å². The number of benzene rings is 1. The minimum atomic E-state index is -0.0824. The lowest BCUT2D eigenvalue weighted by atomic mass is 10.0. The van der Waals surface area contributed by atoms with Crippen LogP contribution in [0.1, 0.15) is 32.8 Å². The molecule has 1 aromatic carbocycles. The fraction of sp³-hybridized carbons (Fsp3) is 0.562. The number of rotatable bonds is 4. The first-order valence-electron chi connectivity index (χ1n) is 7.29. The van der Waals surface area contributed by atoms with E-state index in [1.54, 1.807) is 0 Å². The topological polar surface area (TPSA) is 50.4 Å². The maximum absolute atomic E-state index is 12.2. The highest BCUT2D eigenvalue weighted by Crippen LogP contribution is 2.23. The number of ether oxygens (including phenoxy) is 1. The molecule has 20 heavy (non-hydrogen) atoms. The summed E-state index contributed by atoms with van der Waals surface area (Å²) in [5.41, 5.74) is 1.87. The Labute approximate surface area is 120 Å². The summed E-state index contributed by atoms with van der Waals surface area (Å²) in [5.74, 6) is 1.28. The maximum Gasteiger partial charge on any atom is 0.241 e.